The largest absolute Gasteiger partial charge is 0.497 e. The molecule has 3 rings (SSSR count). The molecule has 0 aliphatic heterocycles. The molecule has 0 bridgehead atoms. The van der Waals surface area contributed by atoms with Crippen molar-refractivity contribution in [1.82, 2.24) is 14.8 Å². The zero-order chi connectivity index (χ0) is 21.6. The van der Waals surface area contributed by atoms with Crippen LogP contribution in [-0.4, -0.2) is 42.0 Å². The molecule has 9 heteroatoms. The Morgan fingerprint density at radius 3 is 2.37 bits per heavy atom. The number of aromatic nitrogens is 1. The smallest absolute Gasteiger partial charge is 0.262 e. The molecule has 1 aliphatic rings. The van der Waals surface area contributed by atoms with Crippen molar-refractivity contribution < 1.29 is 23.2 Å². The average Bonchev–Trinajstić information content (AvgIpc) is 2.80. The van der Waals surface area contributed by atoms with Gasteiger partial charge in [-0.15, -0.1) is 0 Å². The van der Waals surface area contributed by atoms with Crippen molar-refractivity contribution in [2.24, 2.45) is 5.92 Å². The van der Waals surface area contributed by atoms with E-state index in [9.17, 15) is 18.4 Å². The van der Waals surface area contributed by atoms with E-state index in [0.717, 1.165) is 32.1 Å². The third-order valence-electron chi connectivity index (χ3n) is 5.54. The highest BCUT2D eigenvalue weighted by Gasteiger charge is 2.41. The molecule has 0 saturated heterocycles. The summed E-state index contributed by atoms with van der Waals surface area (Å²) in [5, 5.41) is 9.41. The molecule has 1 aromatic heterocycles. The number of methoxy groups -OCH3 is 1. The number of amides is 1. The zero-order valence-electron chi connectivity index (χ0n) is 16.9. The van der Waals surface area contributed by atoms with Gasteiger partial charge in [-0.3, -0.25) is 15.0 Å². The first kappa shape index (κ1) is 22.2. The van der Waals surface area contributed by atoms with Gasteiger partial charge < -0.3 is 4.74 Å². The number of nitrogens with zero attached hydrogens (tertiary/aromatic N) is 2. The van der Waals surface area contributed by atoms with Crippen molar-refractivity contribution in [3.8, 4) is 5.75 Å². The van der Waals surface area contributed by atoms with Crippen molar-refractivity contribution >= 4 is 15.9 Å². The standard InChI is InChI=1S/C21H27N3O5S/c1-29-18-7-9-19(10-8-18)30(27,28)24(15-16-11-13-22-14-12-16)20(21(25)23-26)17-5-3-2-4-6-17/h7-14,17,20,26H,2-6,15H2,1H3,(H,23,25). The maximum absolute atomic E-state index is 13.6. The first-order valence-corrected chi connectivity index (χ1v) is 11.4. The summed E-state index contributed by atoms with van der Waals surface area (Å²) in [5.41, 5.74) is 2.40. The molecule has 1 heterocycles. The van der Waals surface area contributed by atoms with E-state index in [2.05, 4.69) is 4.98 Å². The molecule has 8 nitrogen and oxygen atoms in total. The molecular formula is C21H27N3O5S. The fourth-order valence-corrected chi connectivity index (χ4v) is 5.62. The Balaban J connectivity index is 2.05. The van der Waals surface area contributed by atoms with E-state index < -0.39 is 22.0 Å². The first-order valence-electron chi connectivity index (χ1n) is 9.96. The number of sulfonamides is 1. The van der Waals surface area contributed by atoms with Gasteiger partial charge in [0.2, 0.25) is 10.0 Å². The van der Waals surface area contributed by atoms with Gasteiger partial charge in [0, 0.05) is 18.9 Å². The van der Waals surface area contributed by atoms with Gasteiger partial charge in [0.05, 0.1) is 12.0 Å². The first-order chi connectivity index (χ1) is 14.5. The van der Waals surface area contributed by atoms with Crippen LogP contribution in [0.5, 0.6) is 5.75 Å². The van der Waals surface area contributed by atoms with E-state index in [-0.39, 0.29) is 17.4 Å². The van der Waals surface area contributed by atoms with E-state index in [1.165, 1.54) is 23.5 Å². The van der Waals surface area contributed by atoms with Crippen LogP contribution >= 0.6 is 0 Å². The lowest BCUT2D eigenvalue weighted by Crippen LogP contribution is -2.52. The van der Waals surface area contributed by atoms with Crippen LogP contribution < -0.4 is 10.2 Å². The highest BCUT2D eigenvalue weighted by molar-refractivity contribution is 7.89. The topological polar surface area (TPSA) is 109 Å². The highest BCUT2D eigenvalue weighted by Crippen LogP contribution is 2.33. The number of carbonyl (C=O) groups is 1. The molecule has 2 N–H and O–H groups in total. The summed E-state index contributed by atoms with van der Waals surface area (Å²) in [6, 6.07) is 8.47. The molecule has 1 aliphatic carbocycles. The third-order valence-corrected chi connectivity index (χ3v) is 7.38. The molecule has 0 radical (unpaired) electrons. The average molecular weight is 434 g/mol. The van der Waals surface area contributed by atoms with Gasteiger partial charge in [-0.25, -0.2) is 13.9 Å². The number of pyridine rings is 1. The van der Waals surface area contributed by atoms with Crippen LogP contribution in [0.1, 0.15) is 37.7 Å². The third kappa shape index (κ3) is 4.97. The van der Waals surface area contributed by atoms with Crippen LogP contribution in [0.25, 0.3) is 0 Å². The zero-order valence-corrected chi connectivity index (χ0v) is 17.7. The number of carbonyl (C=O) groups excluding carboxylic acids is 1. The summed E-state index contributed by atoms with van der Waals surface area (Å²) < 4.78 is 33.6. The van der Waals surface area contributed by atoms with Crippen molar-refractivity contribution in [3.63, 3.8) is 0 Å². The predicted octanol–water partition coefficient (Wildman–Crippen LogP) is 2.74. The Bertz CT molecular complexity index is 929. The SMILES string of the molecule is COc1ccc(S(=O)(=O)N(Cc2ccncc2)C(C(=O)NO)C2CCCCC2)cc1. The summed E-state index contributed by atoms with van der Waals surface area (Å²) in [6.45, 7) is -0.00846. The molecule has 1 amide bonds. The second-order valence-electron chi connectivity index (χ2n) is 7.40. The Morgan fingerprint density at radius 1 is 1.17 bits per heavy atom. The van der Waals surface area contributed by atoms with E-state index in [4.69, 9.17) is 4.74 Å². The van der Waals surface area contributed by atoms with Crippen molar-refractivity contribution in [2.45, 2.75) is 49.6 Å². The number of hydrogen-bond acceptors (Lipinski definition) is 6. The van der Waals surface area contributed by atoms with Crippen LogP contribution in [0.2, 0.25) is 0 Å². The molecule has 1 fully saturated rings. The Labute approximate surface area is 176 Å². The molecule has 2 aromatic rings. The summed E-state index contributed by atoms with van der Waals surface area (Å²) >= 11 is 0. The van der Waals surface area contributed by atoms with E-state index in [1.54, 1.807) is 42.1 Å². The fourth-order valence-electron chi connectivity index (χ4n) is 3.98. The molecule has 1 atom stereocenters. The van der Waals surface area contributed by atoms with Crippen molar-refractivity contribution in [2.75, 3.05) is 7.11 Å². The number of rotatable bonds is 8. The number of benzene rings is 1. The van der Waals surface area contributed by atoms with E-state index in [1.807, 2.05) is 0 Å². The van der Waals surface area contributed by atoms with Gasteiger partial charge in [-0.1, -0.05) is 19.3 Å². The monoisotopic (exact) mass is 433 g/mol. The van der Waals surface area contributed by atoms with Crippen LogP contribution in [0, 0.1) is 5.92 Å². The lowest BCUT2D eigenvalue weighted by molar-refractivity contribution is -0.135. The minimum Gasteiger partial charge on any atom is -0.497 e. The number of hydrogen-bond donors (Lipinski definition) is 2. The van der Waals surface area contributed by atoms with Crippen LogP contribution in [0.4, 0.5) is 0 Å². The Morgan fingerprint density at radius 2 is 1.80 bits per heavy atom. The quantitative estimate of drug-likeness (QED) is 0.489. The second kappa shape index (κ2) is 10.0. The number of hydroxylamine groups is 1. The van der Waals surface area contributed by atoms with Gasteiger partial charge in [-0.2, -0.15) is 4.31 Å². The van der Waals surface area contributed by atoms with Crippen LogP contribution in [-0.2, 0) is 21.4 Å². The van der Waals surface area contributed by atoms with Crippen molar-refractivity contribution in [3.05, 3.63) is 54.4 Å². The fraction of sp³-hybridized carbons (Fsp3) is 0.429. The minimum absolute atomic E-state index is 0.00846. The molecule has 1 saturated carbocycles. The molecule has 30 heavy (non-hydrogen) atoms. The van der Waals surface area contributed by atoms with Gasteiger partial charge in [-0.05, 0) is 60.7 Å². The Hall–Kier alpha value is -2.49. The van der Waals surface area contributed by atoms with Crippen LogP contribution in [0.15, 0.2) is 53.7 Å². The van der Waals surface area contributed by atoms with Gasteiger partial charge in [0.15, 0.2) is 0 Å². The maximum Gasteiger partial charge on any atom is 0.262 e. The van der Waals surface area contributed by atoms with E-state index >= 15 is 0 Å². The minimum atomic E-state index is -4.04. The van der Waals surface area contributed by atoms with Crippen molar-refractivity contribution in [1.29, 1.82) is 0 Å². The molecule has 1 unspecified atom stereocenters. The van der Waals surface area contributed by atoms with Gasteiger partial charge in [0.1, 0.15) is 11.8 Å². The highest BCUT2D eigenvalue weighted by atomic mass is 32.2. The van der Waals surface area contributed by atoms with Gasteiger partial charge in [0.25, 0.3) is 5.91 Å². The summed E-state index contributed by atoms with van der Waals surface area (Å²) in [6.07, 6.45) is 7.51. The van der Waals surface area contributed by atoms with Crippen LogP contribution in [0.3, 0.4) is 0 Å². The second-order valence-corrected chi connectivity index (χ2v) is 9.29. The number of ether oxygens (including phenoxy) is 1. The molecular weight excluding hydrogens is 406 g/mol. The van der Waals surface area contributed by atoms with E-state index in [0.29, 0.717) is 11.3 Å². The summed E-state index contributed by atoms with van der Waals surface area (Å²) in [4.78, 5) is 16.8. The molecule has 162 valence electrons. The summed E-state index contributed by atoms with van der Waals surface area (Å²) in [5.74, 6) is -0.361. The predicted molar refractivity (Wildman–Crippen MR) is 110 cm³/mol. The van der Waals surface area contributed by atoms with Gasteiger partial charge >= 0.3 is 0 Å². The number of nitrogens with one attached hydrogen (secondary N) is 1. The lowest BCUT2D eigenvalue weighted by atomic mass is 9.83. The normalized spacial score (nSPS) is 16.2. The lowest BCUT2D eigenvalue weighted by Gasteiger charge is -2.36. The Kier molecular flexibility index (Phi) is 7.41. The molecule has 0 spiro atoms. The molecule has 1 aromatic carbocycles. The summed E-state index contributed by atoms with van der Waals surface area (Å²) in [7, 11) is -2.54. The maximum atomic E-state index is 13.6.